The topological polar surface area (TPSA) is 35.2 Å². The number of hydrogen-bond donors (Lipinski definition) is 1. The number of alkyl halides is 4. The number of rotatable bonds is 2. The first-order chi connectivity index (χ1) is 6.83. The first kappa shape index (κ1) is 12.4. The average molecular weight is 304 g/mol. The zero-order valence-corrected chi connectivity index (χ0v) is 9.58. The molecule has 1 aromatic rings. The van der Waals surface area contributed by atoms with Crippen molar-refractivity contribution in [3.05, 3.63) is 22.7 Å². The van der Waals surface area contributed by atoms with E-state index in [1.165, 1.54) is 6.07 Å². The van der Waals surface area contributed by atoms with Gasteiger partial charge in [0.25, 0.3) is 0 Å². The van der Waals surface area contributed by atoms with E-state index in [1.54, 1.807) is 0 Å². The Morgan fingerprint density at radius 2 is 2.00 bits per heavy atom. The molecule has 2 nitrogen and oxygen atoms in total. The minimum atomic E-state index is -4.73. The highest BCUT2D eigenvalue weighted by molar-refractivity contribution is 9.08. The summed E-state index contributed by atoms with van der Waals surface area (Å²) in [5.41, 5.74) is 6.21. The van der Waals surface area contributed by atoms with Crippen molar-refractivity contribution in [1.29, 1.82) is 0 Å². The van der Waals surface area contributed by atoms with Gasteiger partial charge in [0.15, 0.2) is 0 Å². The van der Waals surface area contributed by atoms with Crippen LogP contribution in [0.1, 0.15) is 5.56 Å². The van der Waals surface area contributed by atoms with E-state index in [2.05, 4.69) is 20.7 Å². The zero-order valence-electron chi connectivity index (χ0n) is 7.24. The predicted molar refractivity (Wildman–Crippen MR) is 55.2 cm³/mol. The lowest BCUT2D eigenvalue weighted by Gasteiger charge is -2.12. The van der Waals surface area contributed by atoms with Crippen LogP contribution in [0.25, 0.3) is 0 Å². The van der Waals surface area contributed by atoms with Crippen molar-refractivity contribution in [2.45, 2.75) is 11.7 Å². The van der Waals surface area contributed by atoms with Gasteiger partial charge in [-0.05, 0) is 11.6 Å². The van der Waals surface area contributed by atoms with Gasteiger partial charge in [0, 0.05) is 11.4 Å². The summed E-state index contributed by atoms with van der Waals surface area (Å²) >= 11 is 8.71. The first-order valence-corrected chi connectivity index (χ1v) is 5.23. The molecular weight excluding hydrogens is 298 g/mol. The van der Waals surface area contributed by atoms with Gasteiger partial charge in [-0.1, -0.05) is 27.5 Å². The molecule has 0 unspecified atom stereocenters. The minimum absolute atomic E-state index is 0.0335. The molecule has 2 N–H and O–H groups in total. The summed E-state index contributed by atoms with van der Waals surface area (Å²) in [4.78, 5) is 0. The number of nitrogen functional groups attached to an aromatic ring is 1. The molecule has 0 saturated carbocycles. The summed E-state index contributed by atoms with van der Waals surface area (Å²) in [7, 11) is 0. The molecule has 0 aromatic heterocycles. The number of benzene rings is 1. The molecule has 7 heteroatoms. The van der Waals surface area contributed by atoms with E-state index >= 15 is 0 Å². The molecule has 0 radical (unpaired) electrons. The third kappa shape index (κ3) is 3.46. The zero-order chi connectivity index (χ0) is 11.6. The largest absolute Gasteiger partial charge is 0.573 e. The Morgan fingerprint density at radius 3 is 2.47 bits per heavy atom. The van der Waals surface area contributed by atoms with E-state index in [4.69, 9.17) is 17.3 Å². The smallest absolute Gasteiger partial charge is 0.406 e. The quantitative estimate of drug-likeness (QED) is 0.667. The number of ether oxygens (including phenoxy) is 1. The van der Waals surface area contributed by atoms with Crippen LogP contribution >= 0.6 is 27.5 Å². The standard InChI is InChI=1S/C8H6BrClF3NO/c9-3-4-1-5(15-8(11,12)13)2-6(10)7(4)14/h1-2H,3,14H2. The van der Waals surface area contributed by atoms with E-state index in [0.29, 0.717) is 10.9 Å². The SMILES string of the molecule is Nc1c(Cl)cc(OC(F)(F)F)cc1CBr. The molecule has 0 aliphatic carbocycles. The van der Waals surface area contributed by atoms with E-state index in [9.17, 15) is 13.2 Å². The first-order valence-electron chi connectivity index (χ1n) is 3.73. The Balaban J connectivity index is 3.06. The summed E-state index contributed by atoms with van der Waals surface area (Å²) < 4.78 is 39.4. The molecule has 15 heavy (non-hydrogen) atoms. The van der Waals surface area contributed by atoms with Crippen LogP contribution in [0.5, 0.6) is 5.75 Å². The van der Waals surface area contributed by atoms with Crippen LogP contribution in [0.3, 0.4) is 0 Å². The number of nitrogens with two attached hydrogens (primary N) is 1. The average Bonchev–Trinajstić information content (AvgIpc) is 2.08. The Hall–Kier alpha value is -0.620. The number of anilines is 1. The van der Waals surface area contributed by atoms with Crippen LogP contribution in [0.2, 0.25) is 5.02 Å². The molecule has 0 bridgehead atoms. The lowest BCUT2D eigenvalue weighted by Crippen LogP contribution is -2.17. The van der Waals surface area contributed by atoms with Gasteiger partial charge in [-0.3, -0.25) is 0 Å². The van der Waals surface area contributed by atoms with Gasteiger partial charge in [0.05, 0.1) is 10.7 Å². The Kier molecular flexibility index (Phi) is 3.72. The van der Waals surface area contributed by atoms with Crippen molar-refractivity contribution >= 4 is 33.2 Å². The van der Waals surface area contributed by atoms with Gasteiger partial charge in [0.2, 0.25) is 0 Å². The third-order valence-electron chi connectivity index (χ3n) is 1.57. The molecule has 0 saturated heterocycles. The highest BCUT2D eigenvalue weighted by Crippen LogP contribution is 2.32. The highest BCUT2D eigenvalue weighted by Gasteiger charge is 2.31. The maximum Gasteiger partial charge on any atom is 0.573 e. The minimum Gasteiger partial charge on any atom is -0.406 e. The fraction of sp³-hybridized carbons (Fsp3) is 0.250. The molecule has 0 aliphatic heterocycles. The molecule has 0 amide bonds. The second-order valence-corrected chi connectivity index (χ2v) is 3.63. The van der Waals surface area contributed by atoms with Crippen molar-refractivity contribution in [3.8, 4) is 5.75 Å². The summed E-state index contributed by atoms with van der Waals surface area (Å²) in [6, 6.07) is 2.21. The van der Waals surface area contributed by atoms with E-state index in [1.807, 2.05) is 0 Å². The molecule has 0 aliphatic rings. The van der Waals surface area contributed by atoms with E-state index in [0.717, 1.165) is 6.07 Å². The molecule has 0 atom stereocenters. The molecule has 0 fully saturated rings. The van der Waals surface area contributed by atoms with Crippen molar-refractivity contribution < 1.29 is 17.9 Å². The second kappa shape index (κ2) is 4.49. The summed E-state index contributed by atoms with van der Waals surface area (Å²) in [5.74, 6) is -0.379. The lowest BCUT2D eigenvalue weighted by molar-refractivity contribution is -0.274. The van der Waals surface area contributed by atoms with Crippen LogP contribution in [-0.2, 0) is 5.33 Å². The van der Waals surface area contributed by atoms with Crippen LogP contribution in [-0.4, -0.2) is 6.36 Å². The highest BCUT2D eigenvalue weighted by atomic mass is 79.9. The third-order valence-corrected chi connectivity index (χ3v) is 2.48. The van der Waals surface area contributed by atoms with Gasteiger partial charge in [-0.2, -0.15) is 0 Å². The summed E-state index contributed by atoms with van der Waals surface area (Å²) in [5, 5.41) is 0.333. The van der Waals surface area contributed by atoms with Gasteiger partial charge >= 0.3 is 6.36 Å². The molecular formula is C8H6BrClF3NO. The predicted octanol–water partition coefficient (Wildman–Crippen LogP) is 3.72. The van der Waals surface area contributed by atoms with E-state index in [-0.39, 0.29) is 16.5 Å². The second-order valence-electron chi connectivity index (χ2n) is 2.66. The van der Waals surface area contributed by atoms with Crippen LogP contribution in [0.15, 0.2) is 12.1 Å². The molecule has 0 heterocycles. The Morgan fingerprint density at radius 1 is 1.40 bits per heavy atom. The molecule has 0 spiro atoms. The maximum absolute atomic E-state index is 11.9. The summed E-state index contributed by atoms with van der Waals surface area (Å²) in [6.07, 6.45) is -4.73. The summed E-state index contributed by atoms with van der Waals surface area (Å²) in [6.45, 7) is 0. The van der Waals surface area contributed by atoms with Crippen molar-refractivity contribution in [2.24, 2.45) is 0 Å². The Labute approximate surface area is 97.3 Å². The number of halogens is 5. The molecule has 84 valence electrons. The molecule has 1 aromatic carbocycles. The fourth-order valence-electron chi connectivity index (χ4n) is 0.950. The van der Waals surface area contributed by atoms with Crippen molar-refractivity contribution in [2.75, 3.05) is 5.73 Å². The lowest BCUT2D eigenvalue weighted by atomic mass is 10.2. The van der Waals surface area contributed by atoms with Crippen molar-refractivity contribution in [3.63, 3.8) is 0 Å². The van der Waals surface area contributed by atoms with Crippen molar-refractivity contribution in [1.82, 2.24) is 0 Å². The van der Waals surface area contributed by atoms with Gasteiger partial charge < -0.3 is 10.5 Å². The van der Waals surface area contributed by atoms with Gasteiger partial charge in [0.1, 0.15) is 5.75 Å². The fourth-order valence-corrected chi connectivity index (χ4v) is 1.64. The van der Waals surface area contributed by atoms with E-state index < -0.39 is 6.36 Å². The number of hydrogen-bond acceptors (Lipinski definition) is 2. The van der Waals surface area contributed by atoms with Gasteiger partial charge in [-0.25, -0.2) is 0 Å². The molecule has 1 rings (SSSR count). The van der Waals surface area contributed by atoms with Gasteiger partial charge in [-0.15, -0.1) is 13.2 Å². The Bertz CT molecular complexity index is 370. The van der Waals surface area contributed by atoms with Crippen LogP contribution in [0, 0.1) is 0 Å². The monoisotopic (exact) mass is 303 g/mol. The maximum atomic E-state index is 11.9. The normalized spacial score (nSPS) is 11.5. The van der Waals surface area contributed by atoms with Crippen LogP contribution < -0.4 is 10.5 Å². The van der Waals surface area contributed by atoms with Crippen LogP contribution in [0.4, 0.5) is 18.9 Å².